The summed E-state index contributed by atoms with van der Waals surface area (Å²) >= 11 is 1.38. The van der Waals surface area contributed by atoms with Crippen molar-refractivity contribution in [1.82, 2.24) is 4.98 Å². The molecule has 1 aliphatic heterocycles. The monoisotopic (exact) mass is 479 g/mol. The molecule has 0 aliphatic carbocycles. The van der Waals surface area contributed by atoms with Crippen LogP contribution in [0.5, 0.6) is 17.2 Å². The van der Waals surface area contributed by atoms with Crippen molar-refractivity contribution >= 4 is 40.0 Å². The summed E-state index contributed by atoms with van der Waals surface area (Å²) < 4.78 is 16.5. The van der Waals surface area contributed by atoms with E-state index in [1.165, 1.54) is 17.4 Å². The van der Waals surface area contributed by atoms with Crippen molar-refractivity contribution < 1.29 is 23.8 Å². The molecule has 2 amide bonds. The summed E-state index contributed by atoms with van der Waals surface area (Å²) in [5, 5.41) is 6.14. The molecule has 0 bridgehead atoms. The molecule has 0 saturated heterocycles. The topological polar surface area (TPSA) is 98.8 Å². The first-order valence-corrected chi connectivity index (χ1v) is 11.6. The lowest BCUT2D eigenvalue weighted by Gasteiger charge is -2.23. The fourth-order valence-electron chi connectivity index (χ4n) is 3.46. The lowest BCUT2D eigenvalue weighted by atomic mass is 10.1. The smallest absolute Gasteiger partial charge is 0.265 e. The highest BCUT2D eigenvalue weighted by Gasteiger charge is 2.24. The number of ether oxygens (including phenoxy) is 3. The molecule has 1 aliphatic rings. The van der Waals surface area contributed by atoms with Crippen molar-refractivity contribution in [3.05, 3.63) is 52.9 Å². The average Bonchev–Trinajstić information content (AvgIpc) is 3.18. The SMILES string of the molecule is CCOc1ccc(/C=C/C(=O)Nc2nc(-c3ccc4c(c3)NC(=O)[C@H](C)O4)c(C)s2)cc1OC. The summed E-state index contributed by atoms with van der Waals surface area (Å²) in [5.41, 5.74) is 2.96. The van der Waals surface area contributed by atoms with Gasteiger partial charge in [-0.15, -0.1) is 11.3 Å². The second-order valence-corrected chi connectivity index (χ2v) is 8.75. The van der Waals surface area contributed by atoms with Crippen LogP contribution in [0.2, 0.25) is 0 Å². The van der Waals surface area contributed by atoms with Crippen molar-refractivity contribution in [3.63, 3.8) is 0 Å². The molecule has 2 aromatic carbocycles. The standard InChI is InChI=1S/C25H25N3O5S/c1-5-32-20-9-6-16(12-21(20)31-4)7-11-22(29)27-25-28-23(15(3)34-25)17-8-10-19-18(13-17)26-24(30)14(2)33-19/h6-14H,5H2,1-4H3,(H,26,30)(H,27,28,29)/b11-7+/t14-/m0/s1. The first-order valence-electron chi connectivity index (χ1n) is 10.8. The summed E-state index contributed by atoms with van der Waals surface area (Å²) in [7, 11) is 1.57. The van der Waals surface area contributed by atoms with Crippen LogP contribution in [-0.2, 0) is 9.59 Å². The van der Waals surface area contributed by atoms with Crippen LogP contribution in [0.25, 0.3) is 17.3 Å². The Morgan fingerprint density at radius 2 is 2.09 bits per heavy atom. The molecule has 0 saturated carbocycles. The molecular weight excluding hydrogens is 454 g/mol. The molecule has 9 heteroatoms. The number of amides is 2. The molecule has 0 radical (unpaired) electrons. The fraction of sp³-hybridized carbons (Fsp3) is 0.240. The minimum atomic E-state index is -0.530. The van der Waals surface area contributed by atoms with Gasteiger partial charge in [0.1, 0.15) is 5.75 Å². The van der Waals surface area contributed by atoms with E-state index in [4.69, 9.17) is 14.2 Å². The molecule has 1 atom stereocenters. The van der Waals surface area contributed by atoms with Crippen LogP contribution in [0.4, 0.5) is 10.8 Å². The minimum Gasteiger partial charge on any atom is -0.493 e. The highest BCUT2D eigenvalue weighted by molar-refractivity contribution is 7.16. The van der Waals surface area contributed by atoms with Gasteiger partial charge in [0, 0.05) is 16.5 Å². The molecule has 1 aromatic heterocycles. The highest BCUT2D eigenvalue weighted by atomic mass is 32.1. The molecule has 3 aromatic rings. The van der Waals surface area contributed by atoms with Gasteiger partial charge >= 0.3 is 0 Å². The van der Waals surface area contributed by atoms with Gasteiger partial charge in [0.2, 0.25) is 5.91 Å². The number of carbonyl (C=O) groups is 2. The molecule has 34 heavy (non-hydrogen) atoms. The van der Waals surface area contributed by atoms with Crippen molar-refractivity contribution in [1.29, 1.82) is 0 Å². The number of benzene rings is 2. The first kappa shape index (κ1) is 23.3. The van der Waals surface area contributed by atoms with Gasteiger partial charge in [-0.25, -0.2) is 4.98 Å². The molecule has 0 fully saturated rings. The Bertz CT molecular complexity index is 1270. The number of nitrogens with zero attached hydrogens (tertiary/aromatic N) is 1. The quantitative estimate of drug-likeness (QED) is 0.468. The van der Waals surface area contributed by atoms with Gasteiger partial charge in [0.15, 0.2) is 22.7 Å². The second kappa shape index (κ2) is 9.96. The maximum atomic E-state index is 12.5. The summed E-state index contributed by atoms with van der Waals surface area (Å²) in [5.74, 6) is 1.39. The van der Waals surface area contributed by atoms with Crippen molar-refractivity contribution in [3.8, 4) is 28.5 Å². The first-order chi connectivity index (χ1) is 16.4. The number of hydrogen-bond donors (Lipinski definition) is 2. The normalized spacial score (nSPS) is 14.8. The van der Waals surface area contributed by atoms with Crippen LogP contribution >= 0.6 is 11.3 Å². The van der Waals surface area contributed by atoms with Gasteiger partial charge < -0.3 is 19.5 Å². The van der Waals surface area contributed by atoms with E-state index in [2.05, 4.69) is 15.6 Å². The predicted molar refractivity (Wildman–Crippen MR) is 133 cm³/mol. The van der Waals surface area contributed by atoms with Crippen LogP contribution in [0.15, 0.2) is 42.5 Å². The average molecular weight is 480 g/mol. The molecule has 176 valence electrons. The van der Waals surface area contributed by atoms with Gasteiger partial charge in [0.05, 0.1) is 25.1 Å². The van der Waals surface area contributed by atoms with Crippen molar-refractivity contribution in [2.24, 2.45) is 0 Å². The molecule has 8 nitrogen and oxygen atoms in total. The number of fused-ring (bicyclic) bond motifs is 1. The summed E-state index contributed by atoms with van der Waals surface area (Å²) in [6.07, 6.45) is 2.61. The van der Waals surface area contributed by atoms with Gasteiger partial charge in [-0.3, -0.25) is 14.9 Å². The minimum absolute atomic E-state index is 0.190. The third-order valence-electron chi connectivity index (χ3n) is 5.13. The fourth-order valence-corrected chi connectivity index (χ4v) is 4.29. The van der Waals surface area contributed by atoms with Crippen LogP contribution in [0.3, 0.4) is 0 Å². The highest BCUT2D eigenvalue weighted by Crippen LogP contribution is 2.37. The molecule has 2 N–H and O–H groups in total. The Morgan fingerprint density at radius 1 is 1.26 bits per heavy atom. The Morgan fingerprint density at radius 3 is 2.85 bits per heavy atom. The zero-order valence-corrected chi connectivity index (χ0v) is 20.1. The lowest BCUT2D eigenvalue weighted by molar-refractivity contribution is -0.122. The van der Waals surface area contributed by atoms with Gasteiger partial charge in [-0.2, -0.15) is 0 Å². The van der Waals surface area contributed by atoms with Crippen LogP contribution < -0.4 is 24.8 Å². The summed E-state index contributed by atoms with van der Waals surface area (Å²) in [6, 6.07) is 11.0. The van der Waals surface area contributed by atoms with Crippen molar-refractivity contribution in [2.45, 2.75) is 26.9 Å². The Labute approximate surface area is 201 Å². The van der Waals surface area contributed by atoms with E-state index < -0.39 is 6.10 Å². The predicted octanol–water partition coefficient (Wildman–Crippen LogP) is 4.90. The van der Waals surface area contributed by atoms with E-state index in [1.807, 2.05) is 44.2 Å². The Balaban J connectivity index is 1.47. The van der Waals surface area contributed by atoms with Gasteiger partial charge in [-0.1, -0.05) is 6.07 Å². The molecule has 4 rings (SSSR count). The summed E-state index contributed by atoms with van der Waals surface area (Å²) in [6.45, 7) is 6.08. The van der Waals surface area contributed by atoms with Gasteiger partial charge in [-0.05, 0) is 62.7 Å². The number of anilines is 2. The number of aryl methyl sites for hydroxylation is 1. The number of carbonyl (C=O) groups excluding carboxylic acids is 2. The van der Waals surface area contributed by atoms with Gasteiger partial charge in [0.25, 0.3) is 5.91 Å². The van der Waals surface area contributed by atoms with Crippen LogP contribution in [0.1, 0.15) is 24.3 Å². The van der Waals surface area contributed by atoms with E-state index in [1.54, 1.807) is 26.2 Å². The molecule has 0 unspecified atom stereocenters. The molecule has 0 spiro atoms. The third-order valence-corrected chi connectivity index (χ3v) is 6.01. The number of nitrogens with one attached hydrogen (secondary N) is 2. The zero-order valence-electron chi connectivity index (χ0n) is 19.3. The van der Waals surface area contributed by atoms with Crippen LogP contribution in [-0.4, -0.2) is 36.6 Å². The van der Waals surface area contributed by atoms with E-state index in [0.29, 0.717) is 34.7 Å². The molecular formula is C25H25N3O5S. The number of methoxy groups -OCH3 is 1. The number of thiazole rings is 1. The zero-order chi connectivity index (χ0) is 24.2. The number of hydrogen-bond acceptors (Lipinski definition) is 7. The summed E-state index contributed by atoms with van der Waals surface area (Å²) in [4.78, 5) is 29.9. The second-order valence-electron chi connectivity index (χ2n) is 7.55. The third kappa shape index (κ3) is 5.04. The molecule has 2 heterocycles. The van der Waals surface area contributed by atoms with E-state index in [0.717, 1.165) is 21.7 Å². The maximum absolute atomic E-state index is 12.5. The number of aromatic nitrogens is 1. The number of rotatable bonds is 7. The maximum Gasteiger partial charge on any atom is 0.265 e. The Hall–Kier alpha value is -3.85. The van der Waals surface area contributed by atoms with Crippen LogP contribution in [0, 0.1) is 6.92 Å². The van der Waals surface area contributed by atoms with E-state index in [-0.39, 0.29) is 11.8 Å². The van der Waals surface area contributed by atoms with E-state index >= 15 is 0 Å². The van der Waals surface area contributed by atoms with Crippen molar-refractivity contribution in [2.75, 3.05) is 24.4 Å². The Kier molecular flexibility index (Phi) is 6.83. The largest absolute Gasteiger partial charge is 0.493 e. The lowest BCUT2D eigenvalue weighted by Crippen LogP contribution is -2.34. The van der Waals surface area contributed by atoms with E-state index in [9.17, 15) is 9.59 Å².